The van der Waals surface area contributed by atoms with E-state index in [1.165, 1.54) is 18.3 Å². The van der Waals surface area contributed by atoms with Gasteiger partial charge in [0.1, 0.15) is 17.1 Å². The summed E-state index contributed by atoms with van der Waals surface area (Å²) < 4.78 is 47.4. The highest BCUT2D eigenvalue weighted by Gasteiger charge is 2.30. The molecule has 0 aliphatic carbocycles. The van der Waals surface area contributed by atoms with Gasteiger partial charge in [-0.1, -0.05) is 0 Å². The number of pyridine rings is 2. The minimum atomic E-state index is -4.51. The lowest BCUT2D eigenvalue weighted by Crippen LogP contribution is -2.35. The van der Waals surface area contributed by atoms with Crippen LogP contribution in [0.4, 0.5) is 19.0 Å². The molecule has 0 radical (unpaired) electrons. The van der Waals surface area contributed by atoms with Gasteiger partial charge in [0, 0.05) is 44.6 Å². The largest absolute Gasteiger partial charge is 0.497 e. The Bertz CT molecular complexity index is 847. The van der Waals surface area contributed by atoms with Gasteiger partial charge in [-0.05, 0) is 24.6 Å². The average molecular weight is 410 g/mol. The van der Waals surface area contributed by atoms with Crippen molar-refractivity contribution in [2.45, 2.75) is 12.6 Å². The normalized spacial score (nSPS) is 15.0. The van der Waals surface area contributed by atoms with Crippen molar-refractivity contribution in [1.82, 2.24) is 14.9 Å². The molecule has 0 N–H and O–H groups in total. The molecule has 10 heteroatoms. The van der Waals surface area contributed by atoms with Crippen LogP contribution in [0.15, 0.2) is 36.7 Å². The summed E-state index contributed by atoms with van der Waals surface area (Å²) in [5.74, 6) is 0.712. The summed E-state index contributed by atoms with van der Waals surface area (Å²) in [6.07, 6.45) is -0.878. The van der Waals surface area contributed by atoms with Crippen molar-refractivity contribution < 1.29 is 27.4 Å². The second kappa shape index (κ2) is 8.97. The first-order valence-corrected chi connectivity index (χ1v) is 9.06. The third kappa shape index (κ3) is 5.49. The summed E-state index contributed by atoms with van der Waals surface area (Å²) in [7, 11) is 1.58. The highest BCUT2D eigenvalue weighted by Crippen LogP contribution is 2.23. The number of hydrogen-bond acceptors (Lipinski definition) is 6. The Morgan fingerprint density at radius 2 is 1.97 bits per heavy atom. The second-order valence-corrected chi connectivity index (χ2v) is 6.45. The number of anilines is 1. The summed E-state index contributed by atoms with van der Waals surface area (Å²) in [5, 5.41) is 0. The lowest BCUT2D eigenvalue weighted by molar-refractivity contribution is -0.154. The van der Waals surface area contributed by atoms with E-state index in [0.717, 1.165) is 5.82 Å². The van der Waals surface area contributed by atoms with E-state index in [4.69, 9.17) is 9.47 Å². The molecule has 1 amide bonds. The third-order valence-corrected chi connectivity index (χ3v) is 4.43. The van der Waals surface area contributed by atoms with Gasteiger partial charge in [0.05, 0.1) is 7.11 Å². The number of nitrogens with zero attached hydrogens (tertiary/aromatic N) is 4. The smallest absolute Gasteiger partial charge is 0.422 e. The average Bonchev–Trinajstić information content (AvgIpc) is 2.98. The molecule has 0 unspecified atom stereocenters. The van der Waals surface area contributed by atoms with Crippen LogP contribution in [0.25, 0.3) is 0 Å². The number of alkyl halides is 3. The number of methoxy groups -OCH3 is 1. The van der Waals surface area contributed by atoms with Crippen LogP contribution in [0.3, 0.4) is 0 Å². The highest BCUT2D eigenvalue weighted by molar-refractivity contribution is 5.96. The van der Waals surface area contributed by atoms with Crippen LogP contribution in [0.1, 0.15) is 16.8 Å². The van der Waals surface area contributed by atoms with Crippen LogP contribution in [0.5, 0.6) is 11.6 Å². The quantitative estimate of drug-likeness (QED) is 0.755. The monoisotopic (exact) mass is 410 g/mol. The zero-order valence-corrected chi connectivity index (χ0v) is 15.9. The molecule has 0 saturated carbocycles. The lowest BCUT2D eigenvalue weighted by atomic mass is 10.2. The Kier molecular flexibility index (Phi) is 6.40. The number of aromatic nitrogens is 2. The van der Waals surface area contributed by atoms with Crippen LogP contribution >= 0.6 is 0 Å². The number of hydrogen-bond donors (Lipinski definition) is 0. The third-order valence-electron chi connectivity index (χ3n) is 4.43. The van der Waals surface area contributed by atoms with Crippen molar-refractivity contribution in [1.29, 1.82) is 0 Å². The van der Waals surface area contributed by atoms with Crippen molar-refractivity contribution in [2.75, 3.05) is 44.8 Å². The van der Waals surface area contributed by atoms with Crippen molar-refractivity contribution in [3.8, 4) is 11.6 Å². The number of amides is 1. The zero-order valence-electron chi connectivity index (χ0n) is 15.9. The van der Waals surface area contributed by atoms with Crippen LogP contribution in [-0.4, -0.2) is 66.8 Å². The minimum absolute atomic E-state index is 0.0182. The Labute approximate surface area is 166 Å². The maximum Gasteiger partial charge on any atom is 0.422 e. The fraction of sp³-hybridized carbons (Fsp3) is 0.421. The number of ether oxygens (including phenoxy) is 2. The van der Waals surface area contributed by atoms with E-state index in [2.05, 4.69) is 9.97 Å². The van der Waals surface area contributed by atoms with E-state index < -0.39 is 18.7 Å². The van der Waals surface area contributed by atoms with Crippen molar-refractivity contribution >= 4 is 11.7 Å². The Morgan fingerprint density at radius 1 is 1.14 bits per heavy atom. The molecule has 0 bridgehead atoms. The van der Waals surface area contributed by atoms with Gasteiger partial charge in [0.15, 0.2) is 6.61 Å². The predicted octanol–water partition coefficient (Wildman–Crippen LogP) is 2.78. The van der Waals surface area contributed by atoms with E-state index >= 15 is 0 Å². The standard InChI is InChI=1S/C19H21F3N4O3/c1-28-14-5-7-23-16(12-14)25-8-3-9-26(11-10-25)18(27)15-4-2-6-24-17(15)29-13-19(20,21)22/h2,4-7,12H,3,8-11,13H2,1H3. The molecule has 1 aliphatic heterocycles. The number of carbonyl (C=O) groups excluding carboxylic acids is 1. The Morgan fingerprint density at radius 3 is 2.72 bits per heavy atom. The topological polar surface area (TPSA) is 67.8 Å². The molecular weight excluding hydrogens is 389 g/mol. The fourth-order valence-corrected chi connectivity index (χ4v) is 3.04. The lowest BCUT2D eigenvalue weighted by Gasteiger charge is -2.23. The molecule has 29 heavy (non-hydrogen) atoms. The van der Waals surface area contributed by atoms with Crippen LogP contribution < -0.4 is 14.4 Å². The number of carbonyl (C=O) groups is 1. The van der Waals surface area contributed by atoms with E-state index in [-0.39, 0.29) is 11.4 Å². The maximum atomic E-state index is 12.9. The summed E-state index contributed by atoms with van der Waals surface area (Å²) in [6.45, 7) is 0.581. The minimum Gasteiger partial charge on any atom is -0.497 e. The summed E-state index contributed by atoms with van der Waals surface area (Å²) >= 11 is 0. The first-order chi connectivity index (χ1) is 13.9. The zero-order chi connectivity index (χ0) is 20.9. The van der Waals surface area contributed by atoms with Crippen LogP contribution in [0.2, 0.25) is 0 Å². The molecule has 3 rings (SSSR count). The van der Waals surface area contributed by atoms with Gasteiger partial charge in [0.2, 0.25) is 5.88 Å². The molecule has 0 spiro atoms. The van der Waals surface area contributed by atoms with Crippen molar-refractivity contribution in [3.63, 3.8) is 0 Å². The summed E-state index contributed by atoms with van der Waals surface area (Å²) in [5.41, 5.74) is 0.0182. The molecule has 1 saturated heterocycles. The van der Waals surface area contributed by atoms with Gasteiger partial charge < -0.3 is 19.3 Å². The first-order valence-electron chi connectivity index (χ1n) is 9.06. The molecule has 0 atom stereocenters. The van der Waals surface area contributed by atoms with E-state index in [9.17, 15) is 18.0 Å². The van der Waals surface area contributed by atoms with Crippen LogP contribution in [-0.2, 0) is 0 Å². The number of rotatable bonds is 5. The van der Waals surface area contributed by atoms with Gasteiger partial charge in [0.25, 0.3) is 5.91 Å². The highest BCUT2D eigenvalue weighted by atomic mass is 19.4. The van der Waals surface area contributed by atoms with Crippen LogP contribution in [0, 0.1) is 0 Å². The van der Waals surface area contributed by atoms with E-state index in [1.54, 1.807) is 24.3 Å². The summed E-state index contributed by atoms with van der Waals surface area (Å²) in [4.78, 5) is 24.7. The molecule has 0 aromatic carbocycles. The van der Waals surface area contributed by atoms with Gasteiger partial charge >= 0.3 is 6.18 Å². The Hall–Kier alpha value is -3.04. The molecule has 156 valence electrons. The molecule has 3 heterocycles. The van der Waals surface area contributed by atoms with E-state index in [0.29, 0.717) is 38.3 Å². The SMILES string of the molecule is COc1ccnc(N2CCCN(C(=O)c3cccnc3OCC(F)(F)F)CC2)c1. The molecule has 7 nitrogen and oxygen atoms in total. The van der Waals surface area contributed by atoms with Gasteiger partial charge in [-0.15, -0.1) is 0 Å². The Balaban J connectivity index is 1.70. The number of halogens is 3. The molecular formula is C19H21F3N4O3. The predicted molar refractivity (Wildman–Crippen MR) is 99.3 cm³/mol. The maximum absolute atomic E-state index is 12.9. The van der Waals surface area contributed by atoms with Gasteiger partial charge in [-0.2, -0.15) is 13.2 Å². The summed E-state index contributed by atoms with van der Waals surface area (Å²) in [6, 6.07) is 6.50. The second-order valence-electron chi connectivity index (χ2n) is 6.45. The molecule has 2 aromatic rings. The molecule has 1 fully saturated rings. The fourth-order valence-electron chi connectivity index (χ4n) is 3.04. The molecule has 2 aromatic heterocycles. The van der Waals surface area contributed by atoms with Crippen molar-refractivity contribution in [3.05, 3.63) is 42.2 Å². The molecule has 1 aliphatic rings. The van der Waals surface area contributed by atoms with E-state index in [1.807, 2.05) is 11.0 Å². The van der Waals surface area contributed by atoms with Gasteiger partial charge in [-0.25, -0.2) is 9.97 Å². The first kappa shape index (κ1) is 20.7. The van der Waals surface area contributed by atoms with Gasteiger partial charge in [-0.3, -0.25) is 4.79 Å². The van der Waals surface area contributed by atoms with Crippen molar-refractivity contribution in [2.24, 2.45) is 0 Å².